The molecule has 3 rings (SSSR count). The van der Waals surface area contributed by atoms with Crippen LogP contribution in [0.4, 0.5) is 0 Å². The first-order valence-corrected chi connectivity index (χ1v) is 11.4. The topological polar surface area (TPSA) is 46.5 Å². The molecule has 0 saturated heterocycles. The molecule has 1 unspecified atom stereocenters. The summed E-state index contributed by atoms with van der Waals surface area (Å²) in [6.45, 7) is 8.85. The average molecular weight is 439 g/mol. The quantitative estimate of drug-likeness (QED) is 0.349. The number of hydrogen-bond donors (Lipinski definition) is 1. The van der Waals surface area contributed by atoms with Gasteiger partial charge in [-0.25, -0.2) is 4.79 Å². The van der Waals surface area contributed by atoms with Crippen molar-refractivity contribution in [3.63, 3.8) is 0 Å². The monoisotopic (exact) mass is 438 g/mol. The number of hydrogen-bond acceptors (Lipinski definition) is 2. The van der Waals surface area contributed by atoms with E-state index in [-0.39, 0.29) is 0 Å². The standard InChI is InChI=1S/C27H31ClO3/c1-5-6-13-31-26(27(29)30)24-18(4)15-21-8-7-19(14-17(2)3)16-23(21)25(24)20-9-11-22(28)12-10-20/h7-12,15-17,26H,5-6,13-14H2,1-4H3,(H,29,30). The number of ether oxygens (including phenoxy) is 1. The van der Waals surface area contributed by atoms with Crippen molar-refractivity contribution < 1.29 is 14.6 Å². The van der Waals surface area contributed by atoms with Crippen LogP contribution in [-0.4, -0.2) is 17.7 Å². The van der Waals surface area contributed by atoms with Crippen molar-refractivity contribution in [2.45, 2.75) is 53.1 Å². The molecular weight excluding hydrogens is 408 g/mol. The molecule has 3 aromatic rings. The van der Waals surface area contributed by atoms with Gasteiger partial charge in [-0.05, 0) is 70.8 Å². The highest BCUT2D eigenvalue weighted by atomic mass is 35.5. The highest BCUT2D eigenvalue weighted by Gasteiger charge is 2.27. The molecule has 4 heteroatoms. The predicted molar refractivity (Wildman–Crippen MR) is 129 cm³/mol. The molecule has 0 radical (unpaired) electrons. The minimum Gasteiger partial charge on any atom is -0.479 e. The lowest BCUT2D eigenvalue weighted by molar-refractivity contribution is -0.151. The first-order valence-electron chi connectivity index (χ1n) is 11.0. The van der Waals surface area contributed by atoms with Crippen LogP contribution in [0.1, 0.15) is 56.4 Å². The third-order valence-electron chi connectivity index (χ3n) is 5.50. The Hall–Kier alpha value is -2.36. The number of benzene rings is 3. The Bertz CT molecular complexity index is 1050. The van der Waals surface area contributed by atoms with E-state index in [0.29, 0.717) is 17.5 Å². The highest BCUT2D eigenvalue weighted by Crippen LogP contribution is 2.40. The van der Waals surface area contributed by atoms with E-state index in [0.717, 1.165) is 52.3 Å². The van der Waals surface area contributed by atoms with Crippen molar-refractivity contribution in [3.05, 3.63) is 70.2 Å². The van der Waals surface area contributed by atoms with Crippen LogP contribution in [0, 0.1) is 12.8 Å². The number of halogens is 1. The van der Waals surface area contributed by atoms with Gasteiger partial charge in [0.25, 0.3) is 0 Å². The zero-order chi connectivity index (χ0) is 22.5. The highest BCUT2D eigenvalue weighted by molar-refractivity contribution is 6.30. The fourth-order valence-corrected chi connectivity index (χ4v) is 4.21. The Morgan fingerprint density at radius 1 is 1.10 bits per heavy atom. The second-order valence-electron chi connectivity index (χ2n) is 8.59. The number of rotatable bonds is 9. The van der Waals surface area contributed by atoms with Crippen molar-refractivity contribution in [3.8, 4) is 11.1 Å². The van der Waals surface area contributed by atoms with E-state index in [1.165, 1.54) is 5.56 Å². The molecule has 164 valence electrons. The van der Waals surface area contributed by atoms with Gasteiger partial charge in [-0.15, -0.1) is 0 Å². The van der Waals surface area contributed by atoms with Crippen LogP contribution in [-0.2, 0) is 16.0 Å². The third kappa shape index (κ3) is 5.47. The van der Waals surface area contributed by atoms with Crippen molar-refractivity contribution in [1.29, 1.82) is 0 Å². The van der Waals surface area contributed by atoms with Gasteiger partial charge >= 0.3 is 5.97 Å². The zero-order valence-electron chi connectivity index (χ0n) is 18.7. The summed E-state index contributed by atoms with van der Waals surface area (Å²) in [5.41, 5.74) is 4.74. The van der Waals surface area contributed by atoms with E-state index in [9.17, 15) is 9.90 Å². The molecule has 0 saturated carbocycles. The number of carboxylic acid groups (broad SMARTS) is 1. The molecule has 0 amide bonds. The fourth-order valence-electron chi connectivity index (χ4n) is 4.09. The Labute approximate surface area is 190 Å². The Kier molecular flexibility index (Phi) is 7.74. The van der Waals surface area contributed by atoms with Gasteiger partial charge in [0.1, 0.15) is 0 Å². The van der Waals surface area contributed by atoms with E-state index in [2.05, 4.69) is 45.0 Å². The molecule has 0 aliphatic carbocycles. The van der Waals surface area contributed by atoms with Gasteiger partial charge in [-0.2, -0.15) is 0 Å². The number of unbranched alkanes of at least 4 members (excludes halogenated alkanes) is 1. The van der Waals surface area contributed by atoms with Gasteiger partial charge in [0.15, 0.2) is 6.10 Å². The van der Waals surface area contributed by atoms with Gasteiger partial charge in [-0.3, -0.25) is 0 Å². The lowest BCUT2D eigenvalue weighted by atomic mass is 9.86. The molecule has 0 heterocycles. The van der Waals surface area contributed by atoms with Crippen LogP contribution in [0.15, 0.2) is 48.5 Å². The number of fused-ring (bicyclic) bond motifs is 1. The molecule has 1 N–H and O–H groups in total. The van der Waals surface area contributed by atoms with Crippen molar-refractivity contribution in [2.75, 3.05) is 6.61 Å². The fraction of sp³-hybridized carbons (Fsp3) is 0.370. The van der Waals surface area contributed by atoms with Gasteiger partial charge < -0.3 is 9.84 Å². The number of carbonyl (C=O) groups is 1. The van der Waals surface area contributed by atoms with E-state index >= 15 is 0 Å². The lowest BCUT2D eigenvalue weighted by Gasteiger charge is -2.23. The molecule has 0 aromatic heterocycles. The summed E-state index contributed by atoms with van der Waals surface area (Å²) in [7, 11) is 0. The Morgan fingerprint density at radius 2 is 1.81 bits per heavy atom. The van der Waals surface area contributed by atoms with Gasteiger partial charge in [0.2, 0.25) is 0 Å². The van der Waals surface area contributed by atoms with Crippen molar-refractivity contribution in [2.24, 2.45) is 5.92 Å². The number of aliphatic carboxylic acids is 1. The summed E-state index contributed by atoms with van der Waals surface area (Å²) in [4.78, 5) is 12.3. The summed E-state index contributed by atoms with van der Waals surface area (Å²) >= 11 is 6.15. The molecule has 3 nitrogen and oxygen atoms in total. The zero-order valence-corrected chi connectivity index (χ0v) is 19.5. The van der Waals surface area contributed by atoms with Gasteiger partial charge in [0.05, 0.1) is 0 Å². The van der Waals surface area contributed by atoms with E-state index in [1.54, 1.807) is 0 Å². The van der Waals surface area contributed by atoms with Gasteiger partial charge in [0, 0.05) is 17.2 Å². The summed E-state index contributed by atoms with van der Waals surface area (Å²) < 4.78 is 5.91. The maximum Gasteiger partial charge on any atom is 0.337 e. The summed E-state index contributed by atoms with van der Waals surface area (Å²) in [5.74, 6) is -0.433. The van der Waals surface area contributed by atoms with Crippen LogP contribution in [0.25, 0.3) is 21.9 Å². The largest absolute Gasteiger partial charge is 0.479 e. The molecule has 0 bridgehead atoms. The summed E-state index contributed by atoms with van der Waals surface area (Å²) in [6.07, 6.45) is 1.72. The van der Waals surface area contributed by atoms with E-state index in [1.807, 2.05) is 31.2 Å². The minimum atomic E-state index is -1.02. The van der Waals surface area contributed by atoms with Crippen molar-refractivity contribution in [1.82, 2.24) is 0 Å². The molecule has 1 atom stereocenters. The van der Waals surface area contributed by atoms with Crippen molar-refractivity contribution >= 4 is 28.3 Å². The minimum absolute atomic E-state index is 0.415. The second-order valence-corrected chi connectivity index (χ2v) is 9.02. The Balaban J connectivity index is 2.30. The smallest absolute Gasteiger partial charge is 0.337 e. The maximum absolute atomic E-state index is 12.3. The molecule has 0 fully saturated rings. The third-order valence-corrected chi connectivity index (χ3v) is 5.75. The average Bonchev–Trinajstić information content (AvgIpc) is 2.71. The number of aryl methyl sites for hydroxylation is 1. The van der Waals surface area contributed by atoms with Gasteiger partial charge in [-0.1, -0.05) is 75.2 Å². The summed E-state index contributed by atoms with van der Waals surface area (Å²) in [6, 6.07) is 16.2. The first kappa shape index (κ1) is 23.3. The summed E-state index contributed by atoms with van der Waals surface area (Å²) in [5, 5.41) is 12.9. The molecule has 31 heavy (non-hydrogen) atoms. The lowest BCUT2D eigenvalue weighted by Crippen LogP contribution is -2.18. The van der Waals surface area contributed by atoms with Crippen LogP contribution in [0.2, 0.25) is 5.02 Å². The number of carboxylic acids is 1. The van der Waals surface area contributed by atoms with E-state index < -0.39 is 12.1 Å². The molecule has 0 aliphatic rings. The molecule has 0 spiro atoms. The molecular formula is C27H31ClO3. The predicted octanol–water partition coefficient (Wildman–Crippen LogP) is 7.61. The first-order chi connectivity index (χ1) is 14.8. The normalized spacial score (nSPS) is 12.5. The SMILES string of the molecule is CCCCOC(C(=O)O)c1c(C)cc2ccc(CC(C)C)cc2c1-c1ccc(Cl)cc1. The van der Waals surface area contributed by atoms with E-state index in [4.69, 9.17) is 16.3 Å². The molecule has 3 aromatic carbocycles. The van der Waals surface area contributed by atoms with Crippen LogP contribution in [0.3, 0.4) is 0 Å². The van der Waals surface area contributed by atoms with Crippen LogP contribution < -0.4 is 0 Å². The van der Waals surface area contributed by atoms with Crippen LogP contribution >= 0.6 is 11.6 Å². The maximum atomic E-state index is 12.3. The van der Waals surface area contributed by atoms with Crippen LogP contribution in [0.5, 0.6) is 0 Å². The molecule has 0 aliphatic heterocycles. The second kappa shape index (κ2) is 10.3. The Morgan fingerprint density at radius 3 is 2.42 bits per heavy atom.